The Hall–Kier alpha value is -4.22. The van der Waals surface area contributed by atoms with Gasteiger partial charge in [-0.1, -0.05) is 12.1 Å². The number of anilines is 2. The van der Waals surface area contributed by atoms with Crippen molar-refractivity contribution in [3.05, 3.63) is 77.2 Å². The predicted octanol–water partition coefficient (Wildman–Crippen LogP) is 2.77. The second-order valence-electron chi connectivity index (χ2n) is 8.49. The number of morpholine rings is 1. The number of carbonyl (C=O) groups is 1. The molecular formula is C25H24FN7O3. The second kappa shape index (κ2) is 9.10. The summed E-state index contributed by atoms with van der Waals surface area (Å²) < 4.78 is 26.1. The molecule has 1 aromatic carbocycles. The topological polar surface area (TPSA) is 108 Å². The summed E-state index contributed by atoms with van der Waals surface area (Å²) in [6.07, 6.45) is 5.45. The number of aromatic nitrogens is 3. The molecule has 3 aromatic rings. The third kappa shape index (κ3) is 3.88. The van der Waals surface area contributed by atoms with E-state index in [1.54, 1.807) is 18.2 Å². The zero-order valence-electron chi connectivity index (χ0n) is 19.5. The molecule has 36 heavy (non-hydrogen) atoms. The molecule has 2 aromatic heterocycles. The highest BCUT2D eigenvalue weighted by Gasteiger charge is 2.27. The van der Waals surface area contributed by atoms with Crippen LogP contribution < -0.4 is 15.6 Å². The number of rotatable bonds is 5. The number of amides is 1. The van der Waals surface area contributed by atoms with Crippen molar-refractivity contribution in [2.75, 3.05) is 50.2 Å². The molecule has 6 rings (SSSR count). The number of methoxy groups -OCH3 is 1. The average molecular weight is 490 g/mol. The van der Waals surface area contributed by atoms with Crippen molar-refractivity contribution in [3.63, 3.8) is 0 Å². The lowest BCUT2D eigenvalue weighted by molar-refractivity contribution is 0.102. The Morgan fingerprint density at radius 2 is 2.08 bits per heavy atom. The van der Waals surface area contributed by atoms with Gasteiger partial charge in [-0.2, -0.15) is 5.10 Å². The van der Waals surface area contributed by atoms with Crippen molar-refractivity contribution in [3.8, 4) is 0 Å². The molecule has 0 saturated carbocycles. The fraction of sp³-hybridized carbons (Fsp3) is 0.240. The minimum Gasteiger partial charge on any atom is -0.497 e. The van der Waals surface area contributed by atoms with Gasteiger partial charge in [0.2, 0.25) is 0 Å². The van der Waals surface area contributed by atoms with Crippen LogP contribution in [0, 0.1) is 5.82 Å². The van der Waals surface area contributed by atoms with Crippen LogP contribution in [0.3, 0.4) is 0 Å². The van der Waals surface area contributed by atoms with Crippen LogP contribution >= 0.6 is 0 Å². The fourth-order valence-corrected chi connectivity index (χ4v) is 4.59. The highest BCUT2D eigenvalue weighted by Crippen LogP contribution is 2.32. The Bertz CT molecular complexity index is 1440. The van der Waals surface area contributed by atoms with Gasteiger partial charge in [-0.25, -0.2) is 14.8 Å². The molecule has 0 spiro atoms. The van der Waals surface area contributed by atoms with Crippen LogP contribution in [0.4, 0.5) is 15.9 Å². The van der Waals surface area contributed by atoms with Crippen LogP contribution in [0.15, 0.2) is 60.1 Å². The van der Waals surface area contributed by atoms with Crippen LogP contribution in [-0.2, 0) is 9.47 Å². The van der Waals surface area contributed by atoms with E-state index in [2.05, 4.69) is 30.8 Å². The third-order valence-corrected chi connectivity index (χ3v) is 6.42. The van der Waals surface area contributed by atoms with Gasteiger partial charge in [-0.05, 0) is 24.3 Å². The number of nitrogens with zero attached hydrogens (tertiary/aromatic N) is 4. The zero-order chi connectivity index (χ0) is 24.6. The van der Waals surface area contributed by atoms with Gasteiger partial charge in [0.05, 0.1) is 37.0 Å². The van der Waals surface area contributed by atoms with Gasteiger partial charge in [0.25, 0.3) is 5.91 Å². The average Bonchev–Trinajstić information content (AvgIpc) is 3.51. The molecule has 3 N–H and O–H groups in total. The molecule has 10 nitrogen and oxygen atoms in total. The molecule has 1 saturated heterocycles. The second-order valence-corrected chi connectivity index (χ2v) is 8.49. The first kappa shape index (κ1) is 22.3. The van der Waals surface area contributed by atoms with Gasteiger partial charge in [0, 0.05) is 43.2 Å². The van der Waals surface area contributed by atoms with Crippen LogP contribution in [0.2, 0.25) is 0 Å². The molecule has 0 radical (unpaired) electrons. The summed E-state index contributed by atoms with van der Waals surface area (Å²) in [4.78, 5) is 19.8. The SMILES string of the molecule is COC1=CC2=C(c3nc4[nH]nc(NC(=O)c5ccccc5N5CCOCC5)c4cc3F)CNN2C=C1. The highest BCUT2D eigenvalue weighted by atomic mass is 19.1. The van der Waals surface area contributed by atoms with Crippen LogP contribution in [0.25, 0.3) is 16.6 Å². The van der Waals surface area contributed by atoms with E-state index in [9.17, 15) is 4.79 Å². The number of allylic oxidation sites excluding steroid dienone is 2. The number of hydrogen-bond acceptors (Lipinski definition) is 8. The van der Waals surface area contributed by atoms with E-state index in [1.807, 2.05) is 36.6 Å². The Morgan fingerprint density at radius 1 is 1.25 bits per heavy atom. The predicted molar refractivity (Wildman–Crippen MR) is 132 cm³/mol. The van der Waals surface area contributed by atoms with Crippen molar-refractivity contribution < 1.29 is 18.7 Å². The number of para-hydroxylation sites is 1. The summed E-state index contributed by atoms with van der Waals surface area (Å²) in [5.74, 6) is 0.0338. The van der Waals surface area contributed by atoms with E-state index in [1.165, 1.54) is 6.07 Å². The number of carbonyl (C=O) groups excluding carboxylic acids is 1. The van der Waals surface area contributed by atoms with E-state index >= 15 is 4.39 Å². The van der Waals surface area contributed by atoms with Crippen molar-refractivity contribution >= 4 is 34.0 Å². The first-order valence-corrected chi connectivity index (χ1v) is 11.6. The number of hydrazine groups is 1. The van der Waals surface area contributed by atoms with E-state index in [0.717, 1.165) is 11.4 Å². The number of pyridine rings is 1. The summed E-state index contributed by atoms with van der Waals surface area (Å²) >= 11 is 0. The minimum atomic E-state index is -0.513. The van der Waals surface area contributed by atoms with Gasteiger partial charge < -0.3 is 19.7 Å². The van der Waals surface area contributed by atoms with Gasteiger partial charge in [-0.15, -0.1) is 0 Å². The highest BCUT2D eigenvalue weighted by molar-refractivity contribution is 6.10. The normalized spacial score (nSPS) is 17.4. The number of nitrogens with one attached hydrogen (secondary N) is 3. The molecule has 0 aliphatic carbocycles. The van der Waals surface area contributed by atoms with Crippen LogP contribution in [0.1, 0.15) is 16.1 Å². The quantitative estimate of drug-likeness (QED) is 0.502. The van der Waals surface area contributed by atoms with Gasteiger partial charge >= 0.3 is 0 Å². The molecular weight excluding hydrogens is 465 g/mol. The van der Waals surface area contributed by atoms with Gasteiger partial charge in [0.15, 0.2) is 11.5 Å². The van der Waals surface area contributed by atoms with E-state index in [-0.39, 0.29) is 17.4 Å². The molecule has 184 valence electrons. The van der Waals surface area contributed by atoms with Crippen LogP contribution in [0.5, 0.6) is 0 Å². The van der Waals surface area contributed by atoms with E-state index in [0.29, 0.717) is 60.8 Å². The monoisotopic (exact) mass is 489 g/mol. The van der Waals surface area contributed by atoms with Crippen molar-refractivity contribution in [1.29, 1.82) is 0 Å². The van der Waals surface area contributed by atoms with Crippen molar-refractivity contribution in [2.45, 2.75) is 0 Å². The largest absolute Gasteiger partial charge is 0.497 e. The molecule has 0 bridgehead atoms. The Kier molecular flexibility index (Phi) is 5.62. The van der Waals surface area contributed by atoms with Gasteiger partial charge in [0.1, 0.15) is 17.3 Å². The number of H-pyrrole nitrogens is 1. The number of ether oxygens (including phenoxy) is 2. The lowest BCUT2D eigenvalue weighted by Crippen LogP contribution is -2.37. The molecule has 11 heteroatoms. The molecule has 5 heterocycles. The smallest absolute Gasteiger partial charge is 0.258 e. The Balaban J connectivity index is 1.31. The van der Waals surface area contributed by atoms with Crippen LogP contribution in [-0.4, -0.2) is 66.1 Å². The standard InChI is InChI=1S/C25H24FN7O3/c1-35-15-6-7-33-21(12-15)18(14-27-33)22-19(26)13-17-23(28-22)30-31-24(17)29-25(34)16-4-2-3-5-20(16)32-8-10-36-11-9-32/h2-7,12-13,27H,8-11,14H2,1H3,(H2,28,29,30,31,34). The zero-order valence-corrected chi connectivity index (χ0v) is 19.5. The summed E-state index contributed by atoms with van der Waals surface area (Å²) in [5.41, 5.74) is 6.53. The van der Waals surface area contributed by atoms with Gasteiger partial charge in [-0.3, -0.25) is 14.9 Å². The molecule has 0 atom stereocenters. The number of hydrogen-bond donors (Lipinski definition) is 3. The third-order valence-electron chi connectivity index (χ3n) is 6.42. The number of halogens is 1. The first-order chi connectivity index (χ1) is 17.6. The molecule has 3 aliphatic heterocycles. The van der Waals surface area contributed by atoms with Crippen molar-refractivity contribution in [1.82, 2.24) is 25.6 Å². The van der Waals surface area contributed by atoms with E-state index < -0.39 is 5.82 Å². The molecule has 0 unspecified atom stereocenters. The molecule has 1 amide bonds. The molecule has 3 aliphatic rings. The van der Waals surface area contributed by atoms with Crippen molar-refractivity contribution in [2.24, 2.45) is 0 Å². The lowest BCUT2D eigenvalue weighted by Gasteiger charge is -2.30. The summed E-state index contributed by atoms with van der Waals surface area (Å²) in [7, 11) is 1.58. The minimum absolute atomic E-state index is 0.202. The summed E-state index contributed by atoms with van der Waals surface area (Å²) in [5, 5.41) is 12.0. The molecule has 1 fully saturated rings. The summed E-state index contributed by atoms with van der Waals surface area (Å²) in [6.45, 7) is 3.02. The van der Waals surface area contributed by atoms with E-state index in [4.69, 9.17) is 9.47 Å². The number of benzene rings is 1. The first-order valence-electron chi connectivity index (χ1n) is 11.6. The number of aromatic amines is 1. The maximum Gasteiger partial charge on any atom is 0.258 e. The Labute approximate surface area is 206 Å². The lowest BCUT2D eigenvalue weighted by atomic mass is 10.1. The maximum atomic E-state index is 15.3. The Morgan fingerprint density at radius 3 is 2.92 bits per heavy atom. The maximum absolute atomic E-state index is 15.3. The number of fused-ring (bicyclic) bond motifs is 2. The summed E-state index contributed by atoms with van der Waals surface area (Å²) in [6, 6.07) is 8.73. The fourth-order valence-electron chi connectivity index (χ4n) is 4.59.